The van der Waals surface area contributed by atoms with Crippen molar-refractivity contribution in [2.45, 2.75) is 38.4 Å². The molecule has 108 valence electrons. The normalized spacial score (nSPS) is 23.7. The standard InChI is InChI=1S/C15H20N2O3/c1-2-20-11-5-9(6-11)7-14(18)10-3-4-12-13(8-10)17-15(19)16-12/h3-4,8-9,11,14,18H,2,5-7H2,1H3,(H2,16,17,19). The molecule has 1 aromatic heterocycles. The minimum Gasteiger partial charge on any atom is -0.388 e. The molecule has 2 aromatic rings. The highest BCUT2D eigenvalue weighted by Crippen LogP contribution is 2.37. The van der Waals surface area contributed by atoms with E-state index in [2.05, 4.69) is 9.97 Å². The third-order valence-corrected chi connectivity index (χ3v) is 4.08. The highest BCUT2D eigenvalue weighted by Gasteiger charge is 2.31. The molecule has 3 rings (SSSR count). The predicted molar refractivity (Wildman–Crippen MR) is 76.6 cm³/mol. The molecule has 0 radical (unpaired) electrons. The number of H-pyrrole nitrogens is 2. The van der Waals surface area contributed by atoms with Gasteiger partial charge in [0.15, 0.2) is 0 Å². The molecule has 1 atom stereocenters. The van der Waals surface area contributed by atoms with Crippen molar-refractivity contribution in [3.05, 3.63) is 34.2 Å². The van der Waals surface area contributed by atoms with Gasteiger partial charge in [-0.25, -0.2) is 4.79 Å². The zero-order valence-electron chi connectivity index (χ0n) is 11.6. The number of rotatable bonds is 5. The van der Waals surface area contributed by atoms with Crippen LogP contribution in [0.2, 0.25) is 0 Å². The molecular formula is C15H20N2O3. The van der Waals surface area contributed by atoms with E-state index in [1.54, 1.807) is 0 Å². The number of imidazole rings is 1. The molecule has 0 amide bonds. The lowest BCUT2D eigenvalue weighted by Crippen LogP contribution is -2.32. The number of fused-ring (bicyclic) bond motifs is 1. The number of aromatic nitrogens is 2. The summed E-state index contributed by atoms with van der Waals surface area (Å²) >= 11 is 0. The lowest BCUT2D eigenvalue weighted by atomic mass is 9.78. The number of ether oxygens (including phenoxy) is 1. The summed E-state index contributed by atoms with van der Waals surface area (Å²) < 4.78 is 5.53. The second-order valence-corrected chi connectivity index (χ2v) is 5.55. The van der Waals surface area contributed by atoms with E-state index in [0.717, 1.165) is 42.5 Å². The maximum atomic E-state index is 11.2. The number of aliphatic hydroxyl groups is 1. The smallest absolute Gasteiger partial charge is 0.323 e. The first-order chi connectivity index (χ1) is 9.65. The molecule has 0 saturated heterocycles. The Morgan fingerprint density at radius 2 is 2.10 bits per heavy atom. The van der Waals surface area contributed by atoms with Gasteiger partial charge in [-0.05, 0) is 49.8 Å². The van der Waals surface area contributed by atoms with Gasteiger partial charge in [-0.2, -0.15) is 0 Å². The fraction of sp³-hybridized carbons (Fsp3) is 0.533. The number of benzene rings is 1. The quantitative estimate of drug-likeness (QED) is 0.782. The molecule has 5 nitrogen and oxygen atoms in total. The van der Waals surface area contributed by atoms with Gasteiger partial charge in [-0.1, -0.05) is 6.07 Å². The van der Waals surface area contributed by atoms with Crippen molar-refractivity contribution in [3.63, 3.8) is 0 Å². The summed E-state index contributed by atoms with van der Waals surface area (Å²) in [5, 5.41) is 10.3. The first-order valence-electron chi connectivity index (χ1n) is 7.17. The third-order valence-electron chi connectivity index (χ3n) is 4.08. The van der Waals surface area contributed by atoms with E-state index < -0.39 is 6.10 Å². The summed E-state index contributed by atoms with van der Waals surface area (Å²) in [5.74, 6) is 0.530. The molecule has 1 aromatic carbocycles. The largest absolute Gasteiger partial charge is 0.388 e. The van der Waals surface area contributed by atoms with Crippen molar-refractivity contribution in [2.75, 3.05) is 6.61 Å². The van der Waals surface area contributed by atoms with Crippen LogP contribution in [0.4, 0.5) is 0 Å². The van der Waals surface area contributed by atoms with Crippen molar-refractivity contribution < 1.29 is 9.84 Å². The SMILES string of the molecule is CCOC1CC(CC(O)c2ccc3[nH]c(=O)[nH]c3c2)C1. The second-order valence-electron chi connectivity index (χ2n) is 5.55. The van der Waals surface area contributed by atoms with Crippen molar-refractivity contribution in [1.82, 2.24) is 9.97 Å². The first kappa shape index (κ1) is 13.4. The minimum atomic E-state index is -0.481. The Morgan fingerprint density at radius 3 is 2.85 bits per heavy atom. The Balaban J connectivity index is 1.64. The van der Waals surface area contributed by atoms with E-state index in [1.807, 2.05) is 25.1 Å². The number of aromatic amines is 2. The fourth-order valence-corrected chi connectivity index (χ4v) is 2.95. The summed E-state index contributed by atoms with van der Waals surface area (Å²) in [5.41, 5.74) is 2.15. The van der Waals surface area contributed by atoms with E-state index in [0.29, 0.717) is 12.0 Å². The van der Waals surface area contributed by atoms with E-state index in [4.69, 9.17) is 4.74 Å². The Morgan fingerprint density at radius 1 is 1.35 bits per heavy atom. The molecule has 0 aliphatic heterocycles. The van der Waals surface area contributed by atoms with Crippen LogP contribution in [0.1, 0.15) is 37.9 Å². The van der Waals surface area contributed by atoms with Gasteiger partial charge in [0.25, 0.3) is 0 Å². The molecule has 1 heterocycles. The van der Waals surface area contributed by atoms with Crippen LogP contribution in [-0.4, -0.2) is 27.8 Å². The van der Waals surface area contributed by atoms with Crippen molar-refractivity contribution in [3.8, 4) is 0 Å². The third kappa shape index (κ3) is 2.64. The van der Waals surface area contributed by atoms with Crippen molar-refractivity contribution in [1.29, 1.82) is 0 Å². The molecule has 1 saturated carbocycles. The highest BCUT2D eigenvalue weighted by molar-refractivity contribution is 5.75. The zero-order valence-corrected chi connectivity index (χ0v) is 11.6. The van der Waals surface area contributed by atoms with Gasteiger partial charge in [0.1, 0.15) is 0 Å². The number of nitrogens with one attached hydrogen (secondary N) is 2. The molecule has 5 heteroatoms. The summed E-state index contributed by atoms with van der Waals surface area (Å²) in [7, 11) is 0. The number of aliphatic hydroxyl groups excluding tert-OH is 1. The minimum absolute atomic E-state index is 0.217. The average molecular weight is 276 g/mol. The van der Waals surface area contributed by atoms with Gasteiger partial charge in [0.2, 0.25) is 0 Å². The van der Waals surface area contributed by atoms with Crippen LogP contribution in [0.3, 0.4) is 0 Å². The molecule has 1 aliphatic carbocycles. The molecule has 1 fully saturated rings. The molecule has 0 bridgehead atoms. The van der Waals surface area contributed by atoms with E-state index in [9.17, 15) is 9.90 Å². The van der Waals surface area contributed by atoms with Crippen molar-refractivity contribution in [2.24, 2.45) is 5.92 Å². The monoisotopic (exact) mass is 276 g/mol. The number of hydrogen-bond donors (Lipinski definition) is 3. The molecule has 0 spiro atoms. The molecule has 3 N–H and O–H groups in total. The highest BCUT2D eigenvalue weighted by atomic mass is 16.5. The maximum absolute atomic E-state index is 11.2. The van der Waals surface area contributed by atoms with Gasteiger partial charge in [-0.3, -0.25) is 0 Å². The molecular weight excluding hydrogens is 256 g/mol. The van der Waals surface area contributed by atoms with Crippen LogP contribution >= 0.6 is 0 Å². The Hall–Kier alpha value is -1.59. The van der Waals surface area contributed by atoms with E-state index >= 15 is 0 Å². The van der Waals surface area contributed by atoms with Crippen LogP contribution < -0.4 is 5.69 Å². The molecule has 1 aliphatic rings. The average Bonchev–Trinajstić information content (AvgIpc) is 2.75. The lowest BCUT2D eigenvalue weighted by Gasteiger charge is -2.36. The van der Waals surface area contributed by atoms with E-state index in [-0.39, 0.29) is 5.69 Å². The summed E-state index contributed by atoms with van der Waals surface area (Å²) in [4.78, 5) is 16.6. The molecule has 1 unspecified atom stereocenters. The maximum Gasteiger partial charge on any atom is 0.323 e. The van der Waals surface area contributed by atoms with Crippen molar-refractivity contribution >= 4 is 11.0 Å². The van der Waals surface area contributed by atoms with Crippen LogP contribution in [0, 0.1) is 5.92 Å². The predicted octanol–water partition coefficient (Wildman–Crippen LogP) is 2.09. The summed E-state index contributed by atoms with van der Waals surface area (Å²) in [6, 6.07) is 5.54. The molecule has 20 heavy (non-hydrogen) atoms. The number of hydrogen-bond acceptors (Lipinski definition) is 3. The van der Waals surface area contributed by atoms with Crippen LogP contribution in [-0.2, 0) is 4.74 Å². The van der Waals surface area contributed by atoms with Gasteiger partial charge in [0, 0.05) is 6.61 Å². The van der Waals surface area contributed by atoms with Crippen LogP contribution in [0.5, 0.6) is 0 Å². The van der Waals surface area contributed by atoms with Crippen LogP contribution in [0.15, 0.2) is 23.0 Å². The van der Waals surface area contributed by atoms with E-state index in [1.165, 1.54) is 0 Å². The Kier molecular flexibility index (Phi) is 3.63. The van der Waals surface area contributed by atoms with Gasteiger partial charge in [-0.15, -0.1) is 0 Å². The topological polar surface area (TPSA) is 78.1 Å². The summed E-state index contributed by atoms with van der Waals surface area (Å²) in [6.07, 6.45) is 2.72. The first-order valence-corrected chi connectivity index (χ1v) is 7.17. The summed E-state index contributed by atoms with van der Waals surface area (Å²) in [6.45, 7) is 2.77. The van der Waals surface area contributed by atoms with Gasteiger partial charge >= 0.3 is 5.69 Å². The fourth-order valence-electron chi connectivity index (χ4n) is 2.95. The lowest BCUT2D eigenvalue weighted by molar-refractivity contribution is -0.0380. The van der Waals surface area contributed by atoms with Crippen LogP contribution in [0.25, 0.3) is 11.0 Å². The Labute approximate surface area is 117 Å². The second kappa shape index (κ2) is 5.42. The zero-order chi connectivity index (χ0) is 14.1. The van der Waals surface area contributed by atoms with Gasteiger partial charge < -0.3 is 19.8 Å². The Bertz CT molecular complexity index is 640. The van der Waals surface area contributed by atoms with Gasteiger partial charge in [0.05, 0.1) is 23.2 Å².